The van der Waals surface area contributed by atoms with Gasteiger partial charge in [0, 0.05) is 19.2 Å². The van der Waals surface area contributed by atoms with Gasteiger partial charge >= 0.3 is 6.18 Å². The van der Waals surface area contributed by atoms with E-state index in [1.165, 1.54) is 18.2 Å². The third-order valence-corrected chi connectivity index (χ3v) is 3.19. The second kappa shape index (κ2) is 8.14. The van der Waals surface area contributed by atoms with Gasteiger partial charge in [-0.25, -0.2) is 0 Å². The smallest absolute Gasteiger partial charge is 0.396 e. The quantitative estimate of drug-likeness (QED) is 0.813. The van der Waals surface area contributed by atoms with Crippen molar-refractivity contribution in [1.29, 1.82) is 0 Å². The molecule has 0 aliphatic heterocycles. The summed E-state index contributed by atoms with van der Waals surface area (Å²) in [5.41, 5.74) is -1.11. The monoisotopic (exact) mass is 318 g/mol. The third-order valence-electron chi connectivity index (χ3n) is 3.19. The van der Waals surface area contributed by atoms with Gasteiger partial charge in [0.1, 0.15) is 0 Å². The molecule has 0 radical (unpaired) electrons. The molecule has 0 bridgehead atoms. The molecule has 1 aromatic rings. The maximum atomic E-state index is 12.9. The van der Waals surface area contributed by atoms with Crippen molar-refractivity contribution >= 4 is 11.6 Å². The minimum Gasteiger partial charge on any atom is -0.396 e. The Labute approximate surface area is 127 Å². The molecule has 1 rings (SSSR count). The van der Waals surface area contributed by atoms with Crippen molar-refractivity contribution in [2.45, 2.75) is 32.5 Å². The number of hydrogen-bond donors (Lipinski definition) is 2. The minimum atomic E-state index is -4.52. The maximum Gasteiger partial charge on any atom is 0.418 e. The van der Waals surface area contributed by atoms with E-state index in [9.17, 15) is 18.0 Å². The number of amides is 1. The molecule has 0 aliphatic carbocycles. The van der Waals surface area contributed by atoms with E-state index in [0.29, 0.717) is 13.0 Å². The number of nitrogens with zero attached hydrogens (tertiary/aromatic N) is 1. The molecule has 7 heteroatoms. The van der Waals surface area contributed by atoms with E-state index >= 15 is 0 Å². The number of aliphatic hydroxyl groups is 1. The van der Waals surface area contributed by atoms with E-state index < -0.39 is 17.6 Å². The number of carbonyl (C=O) groups is 1. The summed E-state index contributed by atoms with van der Waals surface area (Å²) in [7, 11) is 0. The van der Waals surface area contributed by atoms with Crippen molar-refractivity contribution in [3.05, 3.63) is 29.8 Å². The lowest BCUT2D eigenvalue weighted by molar-refractivity contribution is -0.137. The Balaban J connectivity index is 2.76. The first kappa shape index (κ1) is 18.4. The lowest BCUT2D eigenvalue weighted by Crippen LogP contribution is -2.39. The molecule has 22 heavy (non-hydrogen) atoms. The van der Waals surface area contributed by atoms with Crippen LogP contribution in [0.4, 0.5) is 18.9 Å². The van der Waals surface area contributed by atoms with Crippen LogP contribution in [0.3, 0.4) is 0 Å². The molecule has 1 aromatic carbocycles. The summed E-state index contributed by atoms with van der Waals surface area (Å²) >= 11 is 0. The van der Waals surface area contributed by atoms with Crippen LogP contribution in [0.1, 0.15) is 25.8 Å². The highest BCUT2D eigenvalue weighted by Gasteiger charge is 2.33. The van der Waals surface area contributed by atoms with Gasteiger partial charge < -0.3 is 10.4 Å². The topological polar surface area (TPSA) is 52.6 Å². The largest absolute Gasteiger partial charge is 0.418 e. The number of rotatable bonds is 7. The molecule has 124 valence electrons. The van der Waals surface area contributed by atoms with Crippen LogP contribution in [-0.2, 0) is 11.0 Å². The molecule has 4 nitrogen and oxygen atoms in total. The Morgan fingerprint density at radius 1 is 1.32 bits per heavy atom. The van der Waals surface area contributed by atoms with Gasteiger partial charge in [-0.3, -0.25) is 9.69 Å². The number of benzene rings is 1. The van der Waals surface area contributed by atoms with E-state index in [-0.39, 0.29) is 24.9 Å². The minimum absolute atomic E-state index is 0.00173. The summed E-state index contributed by atoms with van der Waals surface area (Å²) in [5, 5.41) is 11.2. The van der Waals surface area contributed by atoms with Gasteiger partial charge in [-0.05, 0) is 32.4 Å². The summed E-state index contributed by atoms with van der Waals surface area (Å²) in [6, 6.07) is 4.93. The van der Waals surface area contributed by atoms with Crippen LogP contribution in [0.2, 0.25) is 0 Å². The van der Waals surface area contributed by atoms with Crippen molar-refractivity contribution in [3.8, 4) is 0 Å². The highest BCUT2D eigenvalue weighted by atomic mass is 19.4. The SMILES string of the molecule is CC(C)N(CCCO)CC(=O)Nc1ccccc1C(F)(F)F. The van der Waals surface area contributed by atoms with Crippen LogP contribution in [0.5, 0.6) is 0 Å². The van der Waals surface area contributed by atoms with Crippen molar-refractivity contribution in [1.82, 2.24) is 4.90 Å². The standard InChI is InChI=1S/C15H21F3N2O2/c1-11(2)20(8-5-9-21)10-14(22)19-13-7-4-3-6-12(13)15(16,17)18/h3-4,6-7,11,21H,5,8-10H2,1-2H3,(H,19,22). The number of hydrogen-bond acceptors (Lipinski definition) is 3. The molecule has 2 N–H and O–H groups in total. The van der Waals surface area contributed by atoms with Crippen molar-refractivity contribution < 1.29 is 23.1 Å². The second-order valence-electron chi connectivity index (χ2n) is 5.23. The fourth-order valence-corrected chi connectivity index (χ4v) is 2.01. The van der Waals surface area contributed by atoms with E-state index in [1.54, 1.807) is 4.90 Å². The van der Waals surface area contributed by atoms with Crippen LogP contribution >= 0.6 is 0 Å². The lowest BCUT2D eigenvalue weighted by Gasteiger charge is -2.25. The fourth-order valence-electron chi connectivity index (χ4n) is 2.01. The van der Waals surface area contributed by atoms with Crippen LogP contribution in [0.25, 0.3) is 0 Å². The van der Waals surface area contributed by atoms with Gasteiger partial charge in [-0.15, -0.1) is 0 Å². The molecule has 0 aromatic heterocycles. The van der Waals surface area contributed by atoms with E-state index in [2.05, 4.69) is 5.32 Å². The first-order valence-electron chi connectivity index (χ1n) is 7.06. The molecule has 0 fully saturated rings. The molecular weight excluding hydrogens is 297 g/mol. The van der Waals surface area contributed by atoms with Crippen LogP contribution in [0, 0.1) is 0 Å². The first-order valence-corrected chi connectivity index (χ1v) is 7.06. The molecule has 0 atom stereocenters. The van der Waals surface area contributed by atoms with Gasteiger partial charge in [0.2, 0.25) is 5.91 Å². The average Bonchev–Trinajstić information content (AvgIpc) is 2.42. The van der Waals surface area contributed by atoms with E-state index in [0.717, 1.165) is 6.07 Å². The number of halogens is 3. The zero-order valence-electron chi connectivity index (χ0n) is 12.7. The van der Waals surface area contributed by atoms with Crippen LogP contribution in [-0.4, -0.2) is 41.7 Å². The Hall–Kier alpha value is -1.60. The van der Waals surface area contributed by atoms with Gasteiger partial charge in [0.05, 0.1) is 17.8 Å². The Morgan fingerprint density at radius 2 is 1.95 bits per heavy atom. The van der Waals surface area contributed by atoms with E-state index in [1.807, 2.05) is 13.8 Å². The Bertz CT molecular complexity index is 490. The van der Waals surface area contributed by atoms with E-state index in [4.69, 9.17) is 5.11 Å². The maximum absolute atomic E-state index is 12.9. The first-order chi connectivity index (χ1) is 10.3. The normalized spacial score (nSPS) is 12.0. The molecule has 0 heterocycles. The van der Waals surface area contributed by atoms with Crippen LogP contribution < -0.4 is 5.32 Å². The highest BCUT2D eigenvalue weighted by molar-refractivity contribution is 5.93. The number of aliphatic hydroxyl groups excluding tert-OH is 1. The molecule has 0 spiro atoms. The fraction of sp³-hybridized carbons (Fsp3) is 0.533. The van der Waals surface area contributed by atoms with Gasteiger partial charge in [0.25, 0.3) is 0 Å². The van der Waals surface area contributed by atoms with Crippen LogP contribution in [0.15, 0.2) is 24.3 Å². The number of para-hydroxylation sites is 1. The second-order valence-corrected chi connectivity index (χ2v) is 5.23. The van der Waals surface area contributed by atoms with Crippen molar-refractivity contribution in [3.63, 3.8) is 0 Å². The third kappa shape index (κ3) is 5.65. The molecule has 0 aliphatic rings. The van der Waals surface area contributed by atoms with Gasteiger partial charge in [-0.1, -0.05) is 12.1 Å². The molecule has 0 saturated heterocycles. The lowest BCUT2D eigenvalue weighted by atomic mass is 10.1. The molecule has 1 amide bonds. The summed E-state index contributed by atoms with van der Waals surface area (Å²) < 4.78 is 38.6. The van der Waals surface area contributed by atoms with Crippen molar-refractivity contribution in [2.24, 2.45) is 0 Å². The summed E-state index contributed by atoms with van der Waals surface area (Å²) in [5.74, 6) is -0.511. The van der Waals surface area contributed by atoms with Gasteiger partial charge in [0.15, 0.2) is 0 Å². The zero-order valence-corrected chi connectivity index (χ0v) is 12.7. The Kier molecular flexibility index (Phi) is 6.83. The zero-order chi connectivity index (χ0) is 16.8. The average molecular weight is 318 g/mol. The molecule has 0 unspecified atom stereocenters. The molecule has 0 saturated carbocycles. The number of nitrogens with one attached hydrogen (secondary N) is 1. The van der Waals surface area contributed by atoms with Crippen molar-refractivity contribution in [2.75, 3.05) is 25.0 Å². The predicted molar refractivity (Wildman–Crippen MR) is 78.5 cm³/mol. The number of carbonyl (C=O) groups excluding carboxylic acids is 1. The van der Waals surface area contributed by atoms with Gasteiger partial charge in [-0.2, -0.15) is 13.2 Å². The number of alkyl halides is 3. The summed E-state index contributed by atoms with van der Waals surface area (Å²) in [6.07, 6.45) is -4.01. The summed E-state index contributed by atoms with van der Waals surface area (Å²) in [4.78, 5) is 13.8. The number of anilines is 1. The summed E-state index contributed by atoms with van der Waals surface area (Å²) in [6.45, 7) is 4.25. The Morgan fingerprint density at radius 3 is 2.50 bits per heavy atom. The predicted octanol–water partition coefficient (Wildman–Crippen LogP) is 2.74. The molecular formula is C15H21F3N2O2. The highest BCUT2D eigenvalue weighted by Crippen LogP contribution is 2.34.